The molecule has 33 heavy (non-hydrogen) atoms. The van der Waals surface area contributed by atoms with Crippen molar-refractivity contribution in [1.29, 1.82) is 0 Å². The van der Waals surface area contributed by atoms with E-state index in [-0.39, 0.29) is 24.7 Å². The minimum atomic E-state index is -4.54. The van der Waals surface area contributed by atoms with Crippen LogP contribution in [0.2, 0.25) is 0 Å². The Balaban J connectivity index is 1.44. The third kappa shape index (κ3) is 3.96. The zero-order valence-corrected chi connectivity index (χ0v) is 17.9. The summed E-state index contributed by atoms with van der Waals surface area (Å²) in [6.45, 7) is 3.94. The van der Waals surface area contributed by atoms with Crippen molar-refractivity contribution in [2.24, 2.45) is 0 Å². The van der Waals surface area contributed by atoms with Gasteiger partial charge in [0, 0.05) is 18.2 Å². The molecule has 0 bridgehead atoms. The second-order valence-corrected chi connectivity index (χ2v) is 8.22. The normalized spacial score (nSPS) is 19.1. The zero-order valence-electron chi connectivity index (χ0n) is 17.9. The maximum Gasteiger partial charge on any atom is 0.410 e. The van der Waals surface area contributed by atoms with Gasteiger partial charge in [0.1, 0.15) is 5.82 Å². The zero-order chi connectivity index (χ0) is 23.3. The monoisotopic (exact) mass is 458 g/mol. The second kappa shape index (κ2) is 7.72. The van der Waals surface area contributed by atoms with Crippen molar-refractivity contribution >= 4 is 17.4 Å². The smallest absolute Gasteiger partial charge is 0.410 e. The molecule has 2 aliphatic heterocycles. The van der Waals surface area contributed by atoms with Crippen LogP contribution in [0.4, 0.5) is 24.7 Å². The molecule has 2 aliphatic rings. The van der Waals surface area contributed by atoms with Gasteiger partial charge in [-0.15, -0.1) is 0 Å². The number of nitrogens with zero attached hydrogens (tertiary/aromatic N) is 2. The summed E-state index contributed by atoms with van der Waals surface area (Å²) in [5, 5.41) is 9.79. The Bertz CT molecular complexity index is 1240. The number of amides is 1. The molecule has 2 atom stereocenters. The number of anilines is 2. The predicted octanol–water partition coefficient (Wildman–Crippen LogP) is 5.14. The van der Waals surface area contributed by atoms with Crippen LogP contribution in [0.1, 0.15) is 45.7 Å². The average molecular weight is 458 g/mol. The highest BCUT2D eigenvalue weighted by molar-refractivity contribution is 6.03. The van der Waals surface area contributed by atoms with Gasteiger partial charge in [-0.1, -0.05) is 12.1 Å². The van der Waals surface area contributed by atoms with Crippen molar-refractivity contribution in [3.8, 4) is 11.5 Å². The molecule has 1 amide bonds. The van der Waals surface area contributed by atoms with Gasteiger partial charge in [-0.05, 0) is 54.8 Å². The average Bonchev–Trinajstić information content (AvgIpc) is 3.41. The lowest BCUT2D eigenvalue weighted by atomic mass is 9.96. The lowest BCUT2D eigenvalue weighted by Gasteiger charge is -2.33. The van der Waals surface area contributed by atoms with E-state index in [9.17, 15) is 18.0 Å². The molecule has 0 spiro atoms. The lowest BCUT2D eigenvalue weighted by molar-refractivity contribution is -0.173. The van der Waals surface area contributed by atoms with Gasteiger partial charge in [0.25, 0.3) is 5.91 Å². The summed E-state index contributed by atoms with van der Waals surface area (Å²) in [7, 11) is 0. The van der Waals surface area contributed by atoms with E-state index in [0.29, 0.717) is 22.7 Å². The van der Waals surface area contributed by atoms with Gasteiger partial charge in [0.05, 0.1) is 6.04 Å². The lowest BCUT2D eigenvalue weighted by Crippen LogP contribution is -2.35. The van der Waals surface area contributed by atoms with Crippen LogP contribution in [0, 0.1) is 13.8 Å². The molecular weight excluding hydrogens is 437 g/mol. The Morgan fingerprint density at radius 2 is 1.88 bits per heavy atom. The number of hydrogen-bond acceptors (Lipinski definition) is 5. The Hall–Kier alpha value is -3.69. The molecule has 10 heteroatoms. The van der Waals surface area contributed by atoms with Gasteiger partial charge >= 0.3 is 6.18 Å². The topological polar surface area (TPSA) is 77.4 Å². The van der Waals surface area contributed by atoms with Crippen LogP contribution in [0.5, 0.6) is 11.5 Å². The maximum absolute atomic E-state index is 13.9. The van der Waals surface area contributed by atoms with E-state index in [1.807, 2.05) is 19.9 Å². The number of aromatic nitrogens is 2. The van der Waals surface area contributed by atoms with Crippen LogP contribution < -0.4 is 20.1 Å². The molecule has 0 fully saturated rings. The summed E-state index contributed by atoms with van der Waals surface area (Å²) in [5.74, 6) is 0.585. The number of carbonyl (C=O) groups is 1. The van der Waals surface area contributed by atoms with E-state index >= 15 is 0 Å². The number of nitrogens with one attached hydrogen (secondary N) is 2. The quantitative estimate of drug-likeness (QED) is 0.568. The highest BCUT2D eigenvalue weighted by atomic mass is 19.4. The van der Waals surface area contributed by atoms with Crippen LogP contribution in [-0.4, -0.2) is 28.7 Å². The van der Waals surface area contributed by atoms with Crippen LogP contribution in [0.15, 0.2) is 42.5 Å². The standard InChI is InChI=1S/C23H21F3N4O3/c1-12-3-5-15(7-13(12)2)27-22(31)17-10-21-28-16(9-20(23(24,25)26)30(21)29-17)14-4-6-18-19(8-14)33-11-32-18/h3-8,10,16,20,28H,9,11H2,1-2H3,(H,27,31)/t16-,20+/m1/s1. The molecule has 3 heterocycles. The number of ether oxygens (including phenoxy) is 2. The van der Waals surface area contributed by atoms with E-state index in [2.05, 4.69) is 15.7 Å². The molecule has 2 aromatic carbocycles. The van der Waals surface area contributed by atoms with E-state index in [1.54, 1.807) is 30.3 Å². The molecule has 1 aromatic heterocycles. The van der Waals surface area contributed by atoms with Gasteiger partial charge < -0.3 is 20.1 Å². The summed E-state index contributed by atoms with van der Waals surface area (Å²) in [4.78, 5) is 12.7. The van der Waals surface area contributed by atoms with Crippen LogP contribution in [0.3, 0.4) is 0 Å². The number of aryl methyl sites for hydroxylation is 2. The molecular formula is C23H21F3N4O3. The molecule has 7 nitrogen and oxygen atoms in total. The number of rotatable bonds is 3. The van der Waals surface area contributed by atoms with Gasteiger partial charge in [-0.3, -0.25) is 4.79 Å². The van der Waals surface area contributed by atoms with Crippen molar-refractivity contribution in [2.45, 2.75) is 38.5 Å². The minimum absolute atomic E-state index is 0.0772. The van der Waals surface area contributed by atoms with Gasteiger partial charge in [0.15, 0.2) is 23.2 Å². The molecule has 5 rings (SSSR count). The maximum atomic E-state index is 13.9. The SMILES string of the molecule is Cc1ccc(NC(=O)c2cc3n(n2)[C@H](C(F)(F)F)C[C@H](c2ccc4c(c2)OCO4)N3)cc1C. The molecule has 3 aromatic rings. The number of benzene rings is 2. The Morgan fingerprint density at radius 1 is 1.09 bits per heavy atom. The summed E-state index contributed by atoms with van der Waals surface area (Å²) in [6, 6.07) is 9.27. The first-order valence-electron chi connectivity index (χ1n) is 10.4. The van der Waals surface area contributed by atoms with Crippen molar-refractivity contribution in [3.63, 3.8) is 0 Å². The summed E-state index contributed by atoms with van der Waals surface area (Å²) < 4.78 is 53.3. The Kier molecular flexibility index (Phi) is 4.95. The fraction of sp³-hybridized carbons (Fsp3) is 0.304. The Morgan fingerprint density at radius 3 is 2.64 bits per heavy atom. The molecule has 0 unspecified atom stereocenters. The van der Waals surface area contributed by atoms with Crippen molar-refractivity contribution in [1.82, 2.24) is 9.78 Å². The Labute approximate surface area is 187 Å². The van der Waals surface area contributed by atoms with Crippen LogP contribution in [0.25, 0.3) is 0 Å². The third-order valence-corrected chi connectivity index (χ3v) is 5.99. The van der Waals surface area contributed by atoms with Crippen molar-refractivity contribution in [2.75, 3.05) is 17.4 Å². The fourth-order valence-corrected chi connectivity index (χ4v) is 4.05. The number of halogens is 3. The number of hydrogen-bond donors (Lipinski definition) is 2. The number of alkyl halides is 3. The van der Waals surface area contributed by atoms with Gasteiger partial charge in [-0.2, -0.15) is 18.3 Å². The van der Waals surface area contributed by atoms with E-state index < -0.39 is 24.2 Å². The fourth-order valence-electron chi connectivity index (χ4n) is 4.05. The highest BCUT2D eigenvalue weighted by Crippen LogP contribution is 2.45. The van der Waals surface area contributed by atoms with E-state index in [4.69, 9.17) is 9.47 Å². The molecule has 0 radical (unpaired) electrons. The summed E-state index contributed by atoms with van der Waals surface area (Å²) >= 11 is 0. The summed E-state index contributed by atoms with van der Waals surface area (Å²) in [5.41, 5.74) is 3.13. The molecule has 0 aliphatic carbocycles. The predicted molar refractivity (Wildman–Crippen MR) is 115 cm³/mol. The number of fused-ring (bicyclic) bond motifs is 2. The first-order valence-corrected chi connectivity index (χ1v) is 10.4. The van der Waals surface area contributed by atoms with Crippen LogP contribution in [-0.2, 0) is 0 Å². The molecule has 0 saturated carbocycles. The third-order valence-electron chi connectivity index (χ3n) is 5.99. The minimum Gasteiger partial charge on any atom is -0.454 e. The van der Waals surface area contributed by atoms with Crippen LogP contribution >= 0.6 is 0 Å². The highest BCUT2D eigenvalue weighted by Gasteiger charge is 2.47. The molecule has 0 saturated heterocycles. The molecule has 2 N–H and O–H groups in total. The van der Waals surface area contributed by atoms with E-state index in [1.165, 1.54) is 6.07 Å². The van der Waals surface area contributed by atoms with E-state index in [0.717, 1.165) is 15.8 Å². The van der Waals surface area contributed by atoms with Crippen molar-refractivity contribution in [3.05, 3.63) is 64.8 Å². The number of carbonyl (C=O) groups excluding carboxylic acids is 1. The molecule has 172 valence electrons. The second-order valence-electron chi connectivity index (χ2n) is 8.22. The first-order chi connectivity index (χ1) is 15.7. The first kappa shape index (κ1) is 21.2. The van der Waals surface area contributed by atoms with Gasteiger partial charge in [-0.25, -0.2) is 4.68 Å². The van der Waals surface area contributed by atoms with Crippen molar-refractivity contribution < 1.29 is 27.4 Å². The summed E-state index contributed by atoms with van der Waals surface area (Å²) in [6.07, 6.45) is -4.82. The largest absolute Gasteiger partial charge is 0.454 e. The van der Waals surface area contributed by atoms with Gasteiger partial charge in [0.2, 0.25) is 6.79 Å².